The zero-order valence-electron chi connectivity index (χ0n) is 7.89. The fourth-order valence-corrected chi connectivity index (χ4v) is 0.885. The van der Waals surface area contributed by atoms with Crippen molar-refractivity contribution in [3.05, 3.63) is 0 Å². The molecular weight excluding hydrogens is 142 g/mol. The standard InChI is InChI=1S/C8H19NO2/c1-5-11-7(6-9)8(2,3)10-4/h7H,5-6,9H2,1-4H3. The molecule has 0 aliphatic carbocycles. The lowest BCUT2D eigenvalue weighted by atomic mass is 10.0. The molecule has 0 aromatic rings. The average molecular weight is 161 g/mol. The van der Waals surface area contributed by atoms with Crippen LogP contribution in [0.25, 0.3) is 0 Å². The Morgan fingerprint density at radius 3 is 2.27 bits per heavy atom. The molecule has 0 spiro atoms. The Hall–Kier alpha value is -0.120. The van der Waals surface area contributed by atoms with E-state index in [1.807, 2.05) is 20.8 Å². The Kier molecular flexibility index (Phi) is 4.65. The van der Waals surface area contributed by atoms with Gasteiger partial charge in [0, 0.05) is 20.3 Å². The summed E-state index contributed by atoms with van der Waals surface area (Å²) in [5, 5.41) is 0. The fraction of sp³-hybridized carbons (Fsp3) is 1.00. The number of ether oxygens (including phenoxy) is 2. The number of nitrogens with two attached hydrogens (primary N) is 1. The summed E-state index contributed by atoms with van der Waals surface area (Å²) in [6, 6.07) is 0. The third-order valence-electron chi connectivity index (χ3n) is 1.88. The van der Waals surface area contributed by atoms with Crippen molar-refractivity contribution in [2.45, 2.75) is 32.5 Å². The molecule has 0 heterocycles. The molecule has 0 aromatic carbocycles. The smallest absolute Gasteiger partial charge is 0.0980 e. The predicted molar refractivity (Wildman–Crippen MR) is 45.6 cm³/mol. The summed E-state index contributed by atoms with van der Waals surface area (Å²) in [4.78, 5) is 0. The van der Waals surface area contributed by atoms with Crippen LogP contribution in [0, 0.1) is 0 Å². The summed E-state index contributed by atoms with van der Waals surface area (Å²) in [5.41, 5.74) is 5.23. The highest BCUT2D eigenvalue weighted by Gasteiger charge is 2.28. The molecule has 0 bridgehead atoms. The third kappa shape index (κ3) is 3.18. The molecule has 0 aromatic heterocycles. The third-order valence-corrected chi connectivity index (χ3v) is 1.88. The van der Waals surface area contributed by atoms with Gasteiger partial charge in [0.25, 0.3) is 0 Å². The van der Waals surface area contributed by atoms with E-state index >= 15 is 0 Å². The first kappa shape index (κ1) is 10.9. The summed E-state index contributed by atoms with van der Waals surface area (Å²) < 4.78 is 10.6. The topological polar surface area (TPSA) is 44.5 Å². The van der Waals surface area contributed by atoms with Crippen molar-refractivity contribution >= 4 is 0 Å². The van der Waals surface area contributed by atoms with Gasteiger partial charge in [0.1, 0.15) is 0 Å². The van der Waals surface area contributed by atoms with Gasteiger partial charge in [0.05, 0.1) is 11.7 Å². The maximum Gasteiger partial charge on any atom is 0.0980 e. The summed E-state index contributed by atoms with van der Waals surface area (Å²) in [6.45, 7) is 7.07. The number of hydrogen-bond acceptors (Lipinski definition) is 3. The van der Waals surface area contributed by atoms with Crippen molar-refractivity contribution in [1.82, 2.24) is 0 Å². The van der Waals surface area contributed by atoms with Gasteiger partial charge < -0.3 is 15.2 Å². The first-order valence-corrected chi connectivity index (χ1v) is 3.95. The monoisotopic (exact) mass is 161 g/mol. The highest BCUT2D eigenvalue weighted by Crippen LogP contribution is 2.15. The summed E-state index contributed by atoms with van der Waals surface area (Å²) in [5.74, 6) is 0. The minimum atomic E-state index is -0.287. The normalized spacial score (nSPS) is 15.0. The molecule has 0 aliphatic heterocycles. The van der Waals surface area contributed by atoms with Gasteiger partial charge in [-0.3, -0.25) is 0 Å². The van der Waals surface area contributed by atoms with Gasteiger partial charge in [-0.2, -0.15) is 0 Å². The largest absolute Gasteiger partial charge is 0.376 e. The zero-order valence-corrected chi connectivity index (χ0v) is 7.89. The van der Waals surface area contributed by atoms with E-state index in [-0.39, 0.29) is 11.7 Å². The van der Waals surface area contributed by atoms with Gasteiger partial charge in [0.2, 0.25) is 0 Å². The summed E-state index contributed by atoms with van der Waals surface area (Å²) >= 11 is 0. The molecule has 2 N–H and O–H groups in total. The van der Waals surface area contributed by atoms with Crippen molar-refractivity contribution in [2.75, 3.05) is 20.3 Å². The predicted octanol–water partition coefficient (Wildman–Crippen LogP) is 0.775. The van der Waals surface area contributed by atoms with Crippen molar-refractivity contribution < 1.29 is 9.47 Å². The Balaban J connectivity index is 3.99. The molecular formula is C8H19NO2. The minimum Gasteiger partial charge on any atom is -0.376 e. The molecule has 1 atom stereocenters. The summed E-state index contributed by atoms with van der Waals surface area (Å²) in [7, 11) is 1.67. The van der Waals surface area contributed by atoms with Crippen LogP contribution in [-0.2, 0) is 9.47 Å². The van der Waals surface area contributed by atoms with Crippen LogP contribution in [0.2, 0.25) is 0 Å². The van der Waals surface area contributed by atoms with Gasteiger partial charge >= 0.3 is 0 Å². The molecule has 3 nitrogen and oxygen atoms in total. The maximum atomic E-state index is 5.52. The minimum absolute atomic E-state index is 0.0162. The van der Waals surface area contributed by atoms with Crippen molar-refractivity contribution in [3.8, 4) is 0 Å². The molecule has 0 saturated heterocycles. The molecule has 0 amide bonds. The Bertz CT molecular complexity index is 104. The van der Waals surface area contributed by atoms with Crippen LogP contribution in [0.1, 0.15) is 20.8 Å². The molecule has 68 valence electrons. The van der Waals surface area contributed by atoms with Crippen LogP contribution in [0.4, 0.5) is 0 Å². The highest BCUT2D eigenvalue weighted by atomic mass is 16.5. The molecule has 0 aliphatic rings. The fourth-order valence-electron chi connectivity index (χ4n) is 0.885. The van der Waals surface area contributed by atoms with Gasteiger partial charge in [0.15, 0.2) is 0 Å². The van der Waals surface area contributed by atoms with Gasteiger partial charge in [-0.25, -0.2) is 0 Å². The van der Waals surface area contributed by atoms with E-state index in [1.54, 1.807) is 7.11 Å². The van der Waals surface area contributed by atoms with E-state index in [1.165, 1.54) is 0 Å². The lowest BCUT2D eigenvalue weighted by molar-refractivity contribution is -0.102. The zero-order chi connectivity index (χ0) is 8.91. The van der Waals surface area contributed by atoms with E-state index in [2.05, 4.69) is 0 Å². The van der Waals surface area contributed by atoms with Crippen molar-refractivity contribution in [1.29, 1.82) is 0 Å². The second-order valence-corrected chi connectivity index (χ2v) is 2.99. The van der Waals surface area contributed by atoms with E-state index < -0.39 is 0 Å². The van der Waals surface area contributed by atoms with Crippen LogP contribution in [0.5, 0.6) is 0 Å². The summed E-state index contributed by atoms with van der Waals surface area (Å²) in [6.07, 6.45) is -0.0162. The van der Waals surface area contributed by atoms with E-state index in [0.717, 1.165) is 0 Å². The lowest BCUT2D eigenvalue weighted by Gasteiger charge is -2.31. The molecule has 1 unspecified atom stereocenters. The number of methoxy groups -OCH3 is 1. The highest BCUT2D eigenvalue weighted by molar-refractivity contribution is 4.80. The SMILES string of the molecule is CCOC(CN)C(C)(C)OC. The molecule has 3 heteroatoms. The van der Waals surface area contributed by atoms with Crippen LogP contribution < -0.4 is 5.73 Å². The van der Waals surface area contributed by atoms with E-state index in [0.29, 0.717) is 13.2 Å². The van der Waals surface area contributed by atoms with Crippen LogP contribution in [0.3, 0.4) is 0 Å². The molecule has 0 rings (SSSR count). The Morgan fingerprint density at radius 2 is 2.00 bits per heavy atom. The number of hydrogen-bond donors (Lipinski definition) is 1. The number of rotatable bonds is 5. The second-order valence-electron chi connectivity index (χ2n) is 2.99. The molecule has 0 saturated carbocycles. The van der Waals surface area contributed by atoms with E-state index in [9.17, 15) is 0 Å². The maximum absolute atomic E-state index is 5.52. The Morgan fingerprint density at radius 1 is 1.45 bits per heavy atom. The van der Waals surface area contributed by atoms with Crippen LogP contribution >= 0.6 is 0 Å². The van der Waals surface area contributed by atoms with Gasteiger partial charge in [-0.1, -0.05) is 0 Å². The van der Waals surface area contributed by atoms with Gasteiger partial charge in [-0.05, 0) is 20.8 Å². The quantitative estimate of drug-likeness (QED) is 0.648. The van der Waals surface area contributed by atoms with Crippen LogP contribution in [-0.4, -0.2) is 32.0 Å². The second kappa shape index (κ2) is 4.70. The Labute approximate surface area is 68.9 Å². The van der Waals surface area contributed by atoms with Gasteiger partial charge in [-0.15, -0.1) is 0 Å². The average Bonchev–Trinajstić information content (AvgIpc) is 2.00. The first-order valence-electron chi connectivity index (χ1n) is 3.95. The molecule has 0 radical (unpaired) electrons. The van der Waals surface area contributed by atoms with Crippen LogP contribution in [0.15, 0.2) is 0 Å². The first-order chi connectivity index (χ1) is 5.08. The molecule has 0 fully saturated rings. The van der Waals surface area contributed by atoms with E-state index in [4.69, 9.17) is 15.2 Å². The molecule has 11 heavy (non-hydrogen) atoms. The van der Waals surface area contributed by atoms with Crippen molar-refractivity contribution in [3.63, 3.8) is 0 Å². The lowest BCUT2D eigenvalue weighted by Crippen LogP contribution is -2.45. The van der Waals surface area contributed by atoms with Crippen molar-refractivity contribution in [2.24, 2.45) is 5.73 Å².